The van der Waals surface area contributed by atoms with Crippen molar-refractivity contribution >= 4 is 11.6 Å². The van der Waals surface area contributed by atoms with E-state index in [1.807, 2.05) is 6.92 Å². The second-order valence-corrected chi connectivity index (χ2v) is 5.24. The van der Waals surface area contributed by atoms with Crippen LogP contribution in [0.25, 0.3) is 11.5 Å². The van der Waals surface area contributed by atoms with Gasteiger partial charge in [-0.15, -0.1) is 0 Å². The van der Waals surface area contributed by atoms with Crippen molar-refractivity contribution in [3.63, 3.8) is 0 Å². The fourth-order valence-electron chi connectivity index (χ4n) is 2.36. The summed E-state index contributed by atoms with van der Waals surface area (Å²) in [6.07, 6.45) is -2.97. The van der Waals surface area contributed by atoms with Gasteiger partial charge < -0.3 is 9.73 Å². The van der Waals surface area contributed by atoms with Crippen LogP contribution in [0.2, 0.25) is 0 Å². The lowest BCUT2D eigenvalue weighted by Gasteiger charge is -2.09. The number of nitrogens with zero attached hydrogens (tertiary/aromatic N) is 2. The molecule has 25 heavy (non-hydrogen) atoms. The van der Waals surface area contributed by atoms with Gasteiger partial charge in [-0.3, -0.25) is 9.48 Å². The molecule has 8 heteroatoms. The molecule has 2 aromatic heterocycles. The maximum Gasteiger partial charge on any atom is 0.416 e. The SMILES string of the molecule is CCn1nc(C(=O)Nc2cccc(C(F)(F)F)c2)cc1-c1ccco1. The third kappa shape index (κ3) is 3.57. The summed E-state index contributed by atoms with van der Waals surface area (Å²) in [5, 5.41) is 6.61. The molecule has 0 spiro atoms. The topological polar surface area (TPSA) is 60.1 Å². The van der Waals surface area contributed by atoms with Gasteiger partial charge in [-0.25, -0.2) is 0 Å². The number of alkyl halides is 3. The van der Waals surface area contributed by atoms with E-state index in [4.69, 9.17) is 4.42 Å². The van der Waals surface area contributed by atoms with Crippen LogP contribution >= 0.6 is 0 Å². The van der Waals surface area contributed by atoms with Crippen molar-refractivity contribution in [2.45, 2.75) is 19.6 Å². The Morgan fingerprint density at radius 1 is 1.24 bits per heavy atom. The number of furan rings is 1. The molecular weight excluding hydrogens is 335 g/mol. The van der Waals surface area contributed by atoms with E-state index in [9.17, 15) is 18.0 Å². The number of halogens is 3. The van der Waals surface area contributed by atoms with Gasteiger partial charge in [0.15, 0.2) is 11.5 Å². The number of rotatable bonds is 4. The fraction of sp³-hybridized carbons (Fsp3) is 0.176. The van der Waals surface area contributed by atoms with E-state index < -0.39 is 17.6 Å². The molecule has 0 aliphatic carbocycles. The highest BCUT2D eigenvalue weighted by atomic mass is 19.4. The number of nitrogens with one attached hydrogen (secondary N) is 1. The minimum absolute atomic E-state index is 0.0467. The average Bonchev–Trinajstić information content (AvgIpc) is 3.23. The minimum atomic E-state index is -4.48. The van der Waals surface area contributed by atoms with Gasteiger partial charge >= 0.3 is 6.18 Å². The molecule has 0 atom stereocenters. The molecule has 5 nitrogen and oxygen atoms in total. The van der Waals surface area contributed by atoms with Crippen molar-refractivity contribution < 1.29 is 22.4 Å². The maximum atomic E-state index is 12.7. The summed E-state index contributed by atoms with van der Waals surface area (Å²) in [5.74, 6) is -0.0493. The lowest BCUT2D eigenvalue weighted by atomic mass is 10.2. The Morgan fingerprint density at radius 2 is 2.04 bits per heavy atom. The molecule has 0 radical (unpaired) electrons. The first-order chi connectivity index (χ1) is 11.9. The van der Waals surface area contributed by atoms with Crippen LogP contribution in [0.5, 0.6) is 0 Å². The third-order valence-corrected chi connectivity index (χ3v) is 3.53. The third-order valence-electron chi connectivity index (χ3n) is 3.53. The Bertz CT molecular complexity index is 883. The summed E-state index contributed by atoms with van der Waals surface area (Å²) in [5.41, 5.74) is -0.0848. The van der Waals surface area contributed by atoms with Gasteiger partial charge in [-0.1, -0.05) is 6.07 Å². The molecule has 0 aliphatic heterocycles. The molecule has 3 aromatic rings. The van der Waals surface area contributed by atoms with Gasteiger partial charge in [-0.2, -0.15) is 18.3 Å². The normalized spacial score (nSPS) is 11.5. The van der Waals surface area contributed by atoms with Crippen LogP contribution in [0.15, 0.2) is 53.1 Å². The van der Waals surface area contributed by atoms with E-state index in [1.54, 1.807) is 16.8 Å². The van der Waals surface area contributed by atoms with E-state index >= 15 is 0 Å². The first kappa shape index (κ1) is 16.8. The zero-order valence-electron chi connectivity index (χ0n) is 13.2. The standard InChI is InChI=1S/C17H14F3N3O2/c1-2-23-14(15-7-4-8-25-15)10-13(22-23)16(24)21-12-6-3-5-11(9-12)17(18,19)20/h3-10H,2H2,1H3,(H,21,24). The zero-order valence-corrected chi connectivity index (χ0v) is 13.2. The predicted octanol–water partition coefficient (Wildman–Crippen LogP) is 4.43. The maximum absolute atomic E-state index is 12.7. The smallest absolute Gasteiger partial charge is 0.416 e. The molecule has 1 amide bonds. The van der Waals surface area contributed by atoms with Crippen LogP contribution in [0, 0.1) is 0 Å². The van der Waals surface area contributed by atoms with Crippen LogP contribution in [0.3, 0.4) is 0 Å². The number of anilines is 1. The van der Waals surface area contributed by atoms with Crippen molar-refractivity contribution in [1.82, 2.24) is 9.78 Å². The van der Waals surface area contributed by atoms with Crippen LogP contribution in [-0.4, -0.2) is 15.7 Å². The highest BCUT2D eigenvalue weighted by Gasteiger charge is 2.30. The molecule has 0 aliphatic rings. The average molecular weight is 349 g/mol. The van der Waals surface area contributed by atoms with Crippen LogP contribution in [-0.2, 0) is 12.7 Å². The summed E-state index contributed by atoms with van der Waals surface area (Å²) in [6.45, 7) is 2.36. The molecule has 0 bridgehead atoms. The molecule has 130 valence electrons. The number of carbonyl (C=O) groups excluding carboxylic acids is 1. The number of amides is 1. The summed E-state index contributed by atoms with van der Waals surface area (Å²) < 4.78 is 45.1. The fourth-order valence-corrected chi connectivity index (χ4v) is 2.36. The number of hydrogen-bond acceptors (Lipinski definition) is 3. The summed E-state index contributed by atoms with van der Waals surface area (Å²) >= 11 is 0. The summed E-state index contributed by atoms with van der Waals surface area (Å²) in [4.78, 5) is 12.3. The Labute approximate surface area is 141 Å². The Morgan fingerprint density at radius 3 is 2.68 bits per heavy atom. The van der Waals surface area contributed by atoms with Gasteiger partial charge in [0.05, 0.1) is 11.8 Å². The number of carbonyl (C=O) groups is 1. The molecule has 2 heterocycles. The molecule has 0 saturated carbocycles. The highest BCUT2D eigenvalue weighted by Crippen LogP contribution is 2.30. The van der Waals surface area contributed by atoms with Crippen molar-refractivity contribution in [3.05, 3.63) is 60.0 Å². The quantitative estimate of drug-likeness (QED) is 0.758. The Kier molecular flexibility index (Phi) is 4.35. The van der Waals surface area contributed by atoms with Crippen molar-refractivity contribution in [3.8, 4) is 11.5 Å². The molecule has 0 saturated heterocycles. The number of aryl methyl sites for hydroxylation is 1. The lowest BCUT2D eigenvalue weighted by molar-refractivity contribution is -0.137. The molecule has 1 N–H and O–H groups in total. The first-order valence-electron chi connectivity index (χ1n) is 7.49. The lowest BCUT2D eigenvalue weighted by Crippen LogP contribution is -2.14. The van der Waals surface area contributed by atoms with E-state index in [-0.39, 0.29) is 11.4 Å². The summed E-state index contributed by atoms with van der Waals surface area (Å²) in [7, 11) is 0. The molecule has 3 rings (SSSR count). The van der Waals surface area contributed by atoms with Gasteiger partial charge in [0, 0.05) is 18.3 Å². The predicted molar refractivity (Wildman–Crippen MR) is 85.0 cm³/mol. The van der Waals surface area contributed by atoms with E-state index in [2.05, 4.69) is 10.4 Å². The number of benzene rings is 1. The van der Waals surface area contributed by atoms with Crippen LogP contribution < -0.4 is 5.32 Å². The molecule has 1 aromatic carbocycles. The largest absolute Gasteiger partial charge is 0.463 e. The van der Waals surface area contributed by atoms with Gasteiger partial charge in [0.2, 0.25) is 0 Å². The van der Waals surface area contributed by atoms with Crippen molar-refractivity contribution in [2.24, 2.45) is 0 Å². The Balaban J connectivity index is 1.85. The second-order valence-electron chi connectivity index (χ2n) is 5.24. The number of aromatic nitrogens is 2. The Hall–Kier alpha value is -3.03. The highest BCUT2D eigenvalue weighted by molar-refractivity contribution is 6.03. The summed E-state index contributed by atoms with van der Waals surface area (Å²) in [6, 6.07) is 9.42. The van der Waals surface area contributed by atoms with Crippen molar-refractivity contribution in [2.75, 3.05) is 5.32 Å². The van der Waals surface area contributed by atoms with Crippen LogP contribution in [0.1, 0.15) is 23.0 Å². The molecule has 0 unspecified atom stereocenters. The molecular formula is C17H14F3N3O2. The van der Waals surface area contributed by atoms with Gasteiger partial charge in [0.1, 0.15) is 5.69 Å². The monoisotopic (exact) mass is 349 g/mol. The minimum Gasteiger partial charge on any atom is -0.463 e. The van der Waals surface area contributed by atoms with Gasteiger partial charge in [-0.05, 0) is 37.3 Å². The van der Waals surface area contributed by atoms with E-state index in [0.29, 0.717) is 18.0 Å². The molecule has 0 fully saturated rings. The van der Waals surface area contributed by atoms with Crippen LogP contribution in [0.4, 0.5) is 18.9 Å². The first-order valence-corrected chi connectivity index (χ1v) is 7.49. The van der Waals surface area contributed by atoms with E-state index in [1.165, 1.54) is 24.5 Å². The van der Waals surface area contributed by atoms with E-state index in [0.717, 1.165) is 12.1 Å². The van der Waals surface area contributed by atoms with Gasteiger partial charge in [0.25, 0.3) is 5.91 Å². The zero-order chi connectivity index (χ0) is 18.0. The second kappa shape index (κ2) is 6.46. The number of hydrogen-bond donors (Lipinski definition) is 1. The van der Waals surface area contributed by atoms with Crippen molar-refractivity contribution in [1.29, 1.82) is 0 Å².